The summed E-state index contributed by atoms with van der Waals surface area (Å²) in [6.45, 7) is 15.0. The van der Waals surface area contributed by atoms with E-state index in [1.807, 2.05) is 83.7 Å². The maximum Gasteiger partial charge on any atom is 0.322 e. The van der Waals surface area contributed by atoms with E-state index in [2.05, 4.69) is 22.3 Å². The van der Waals surface area contributed by atoms with E-state index < -0.39 is 13.7 Å². The number of oxime groups is 1. The van der Waals surface area contributed by atoms with Crippen LogP contribution in [0.5, 0.6) is 5.75 Å². The second kappa shape index (κ2) is 13.5. The number of hydrogen-bond donors (Lipinski definition) is 1. The quantitative estimate of drug-likeness (QED) is 0.143. The van der Waals surface area contributed by atoms with Crippen molar-refractivity contribution in [1.29, 1.82) is 0 Å². The van der Waals surface area contributed by atoms with Crippen molar-refractivity contribution in [1.82, 2.24) is 5.48 Å². The first kappa shape index (κ1) is 28.7. The molecule has 0 radical (unpaired) electrons. The van der Waals surface area contributed by atoms with Gasteiger partial charge in [0.15, 0.2) is 0 Å². The number of benzene rings is 2. The van der Waals surface area contributed by atoms with Gasteiger partial charge in [0.25, 0.3) is 5.90 Å². The summed E-state index contributed by atoms with van der Waals surface area (Å²) in [6.07, 6.45) is 0.0355. The summed E-state index contributed by atoms with van der Waals surface area (Å²) in [5, 5.41) is 5.01. The lowest BCUT2D eigenvalue weighted by molar-refractivity contribution is -0.154. The highest BCUT2D eigenvalue weighted by atomic mass is 35.5. The summed E-state index contributed by atoms with van der Waals surface area (Å²) in [4.78, 5) is 21.6. The number of aliphatic imine (C=N–C) groups is 1. The van der Waals surface area contributed by atoms with Crippen LogP contribution in [0.25, 0.3) is 0 Å². The van der Waals surface area contributed by atoms with Crippen molar-refractivity contribution >= 4 is 43.6 Å². The molecule has 0 fully saturated rings. The Kier molecular flexibility index (Phi) is 11.1. The van der Waals surface area contributed by atoms with E-state index in [-0.39, 0.29) is 18.6 Å². The summed E-state index contributed by atoms with van der Waals surface area (Å²) >= 11 is 6.32. The van der Waals surface area contributed by atoms with Crippen LogP contribution >= 0.6 is 19.7 Å². The largest absolute Gasteiger partial charge is 0.489 e. The number of carbonyl (C=O) groups excluding carboxylic acids is 1. The van der Waals surface area contributed by atoms with Crippen LogP contribution in [0, 0.1) is 0 Å². The number of halogens is 1. The summed E-state index contributed by atoms with van der Waals surface area (Å²) in [7, 11) is -0.998. The van der Waals surface area contributed by atoms with Gasteiger partial charge < -0.3 is 14.3 Å². The van der Waals surface area contributed by atoms with Gasteiger partial charge in [0.05, 0.1) is 25.8 Å². The van der Waals surface area contributed by atoms with E-state index in [9.17, 15) is 4.79 Å². The number of esters is 1. The van der Waals surface area contributed by atoms with Gasteiger partial charge in [-0.3, -0.25) is 9.42 Å². The minimum atomic E-state index is -0.998. The van der Waals surface area contributed by atoms with Gasteiger partial charge in [-0.2, -0.15) is 5.48 Å². The summed E-state index contributed by atoms with van der Waals surface area (Å²) in [5.41, 5.74) is 3.78. The molecule has 1 N–H and O–H groups in total. The fourth-order valence-electron chi connectivity index (χ4n) is 2.82. The molecule has 0 aromatic heterocycles. The molecule has 2 aromatic rings. The average Bonchev–Trinajstić information content (AvgIpc) is 2.77. The van der Waals surface area contributed by atoms with Crippen molar-refractivity contribution < 1.29 is 23.7 Å². The molecular formula is C25H33ClN3O5P. The topological polar surface area (TPSA) is 90.7 Å². The molecule has 0 saturated carbocycles. The fraction of sp³-hybridized carbons (Fsp3) is 0.400. The zero-order valence-corrected chi connectivity index (χ0v) is 22.7. The predicted octanol–water partition coefficient (Wildman–Crippen LogP) is 5.22. The van der Waals surface area contributed by atoms with Gasteiger partial charge in [0.2, 0.25) is 0 Å². The first-order valence-corrected chi connectivity index (χ1v) is 13.2. The minimum Gasteiger partial charge on any atom is -0.489 e. The second-order valence-corrected chi connectivity index (χ2v) is 10.9. The lowest BCUT2D eigenvalue weighted by Crippen LogP contribution is -2.31. The first-order chi connectivity index (χ1) is 16.5. The molecule has 1 unspecified atom stereocenters. The van der Waals surface area contributed by atoms with Gasteiger partial charge in [-0.25, -0.2) is 4.99 Å². The number of nitrogens with one attached hydrogen (secondary N) is 1. The second-order valence-electron chi connectivity index (χ2n) is 8.82. The average molecular weight is 522 g/mol. The molecule has 8 nitrogen and oxygen atoms in total. The van der Waals surface area contributed by atoms with Crippen LogP contribution in [0.3, 0.4) is 0 Å². The molecular weight excluding hydrogens is 489 g/mol. The maximum atomic E-state index is 11.8. The molecule has 0 aliphatic carbocycles. The van der Waals surface area contributed by atoms with E-state index in [1.165, 1.54) is 0 Å². The number of rotatable bonds is 11. The highest BCUT2D eigenvalue weighted by molar-refractivity contribution is 7.60. The molecule has 0 amide bonds. The highest BCUT2D eigenvalue weighted by Crippen LogP contribution is 2.29. The molecule has 190 valence electrons. The molecule has 0 spiro atoms. The van der Waals surface area contributed by atoms with Gasteiger partial charge in [-0.1, -0.05) is 35.0 Å². The van der Waals surface area contributed by atoms with Gasteiger partial charge in [-0.15, -0.1) is 0 Å². The van der Waals surface area contributed by atoms with Gasteiger partial charge in [0, 0.05) is 17.6 Å². The van der Waals surface area contributed by atoms with Crippen LogP contribution in [0.4, 0.5) is 0 Å². The van der Waals surface area contributed by atoms with Crippen molar-refractivity contribution in [2.24, 2.45) is 10.1 Å². The monoisotopic (exact) mass is 521 g/mol. The first-order valence-electron chi connectivity index (χ1n) is 11.1. The zero-order chi connectivity index (χ0) is 26.0. The van der Waals surface area contributed by atoms with Crippen LogP contribution in [0.2, 0.25) is 5.02 Å². The van der Waals surface area contributed by atoms with E-state index in [0.717, 1.165) is 16.4 Å². The Balaban J connectivity index is 2.00. The van der Waals surface area contributed by atoms with Gasteiger partial charge >= 0.3 is 5.97 Å². The Bertz CT molecular complexity index is 1020. The molecule has 0 bridgehead atoms. The fourth-order valence-corrected chi connectivity index (χ4v) is 4.00. The van der Waals surface area contributed by atoms with Crippen molar-refractivity contribution in [2.75, 3.05) is 13.2 Å². The number of carbonyl (C=O) groups is 1. The van der Waals surface area contributed by atoms with Crippen molar-refractivity contribution in [3.8, 4) is 5.75 Å². The van der Waals surface area contributed by atoms with Crippen LogP contribution in [-0.2, 0) is 25.5 Å². The van der Waals surface area contributed by atoms with E-state index >= 15 is 0 Å². The van der Waals surface area contributed by atoms with Crippen molar-refractivity contribution in [3.05, 3.63) is 58.6 Å². The summed E-state index contributed by atoms with van der Waals surface area (Å²) in [6, 6.07) is 13.1. The Morgan fingerprint density at radius 1 is 1.17 bits per heavy atom. The van der Waals surface area contributed by atoms with Crippen molar-refractivity contribution in [2.45, 2.75) is 52.9 Å². The Hall–Kier alpha value is -2.51. The van der Waals surface area contributed by atoms with Crippen LogP contribution < -0.4 is 15.5 Å². The molecule has 2 aromatic carbocycles. The number of hydrogen-bond acceptors (Lipinski definition) is 8. The third-order valence-corrected chi connectivity index (χ3v) is 5.95. The molecule has 0 saturated heterocycles. The predicted molar refractivity (Wildman–Crippen MR) is 142 cm³/mol. The lowest BCUT2D eigenvalue weighted by atomic mass is 10.2. The number of ether oxygens (including phenoxy) is 2. The third-order valence-electron chi connectivity index (χ3n) is 4.23. The van der Waals surface area contributed by atoms with E-state index in [1.54, 1.807) is 0 Å². The Labute approximate surface area is 213 Å². The maximum absolute atomic E-state index is 11.8. The summed E-state index contributed by atoms with van der Waals surface area (Å²) in [5.74, 6) is 0.581. The van der Waals surface area contributed by atoms with Crippen LogP contribution in [-0.4, -0.2) is 43.5 Å². The number of nitrogens with zero attached hydrogens (tertiary/aromatic N) is 2. The van der Waals surface area contributed by atoms with Crippen LogP contribution in [0.1, 0.15) is 45.7 Å². The molecule has 0 heterocycles. The molecule has 0 aliphatic rings. The normalized spacial score (nSPS) is 12.9. The SMILES string of the molecule is C=NOC(=NCc1ccc(OC(C)C)c(Cl)c1)c1ccc(P(C)ONCC(=O)OC(C)(C)C)cc1. The van der Waals surface area contributed by atoms with Crippen LogP contribution in [0.15, 0.2) is 52.6 Å². The third kappa shape index (κ3) is 10.3. The van der Waals surface area contributed by atoms with Crippen molar-refractivity contribution in [3.63, 3.8) is 0 Å². The summed E-state index contributed by atoms with van der Waals surface area (Å²) < 4.78 is 16.5. The molecule has 1 atom stereocenters. The lowest BCUT2D eigenvalue weighted by Gasteiger charge is -2.20. The zero-order valence-electron chi connectivity index (χ0n) is 21.0. The Morgan fingerprint density at radius 2 is 1.86 bits per heavy atom. The van der Waals surface area contributed by atoms with E-state index in [0.29, 0.717) is 23.2 Å². The minimum absolute atomic E-state index is 0.0354. The molecule has 10 heteroatoms. The molecule has 2 rings (SSSR count). The molecule has 35 heavy (non-hydrogen) atoms. The highest BCUT2D eigenvalue weighted by Gasteiger charge is 2.17. The standard InChI is InChI=1S/C25H33ClN3O5P/c1-17(2)31-22-13-8-18(14-21(22)26)15-28-24(33-27-6)19-9-11-20(12-10-19)35(7)34-29-16-23(30)32-25(3,4)5/h8-14,17,29H,6,15-16H2,1-5,7H3. The van der Waals surface area contributed by atoms with Gasteiger partial charge in [-0.05, 0) is 71.1 Å². The smallest absolute Gasteiger partial charge is 0.322 e. The van der Waals surface area contributed by atoms with E-state index in [4.69, 9.17) is 30.5 Å². The Morgan fingerprint density at radius 3 is 2.43 bits per heavy atom. The van der Waals surface area contributed by atoms with Gasteiger partial charge in [0.1, 0.15) is 17.9 Å². The number of hydroxylamine groups is 1. The molecule has 0 aliphatic heterocycles.